The van der Waals surface area contributed by atoms with Gasteiger partial charge in [0.25, 0.3) is 0 Å². The van der Waals surface area contributed by atoms with Gasteiger partial charge in [-0.05, 0) is 31.5 Å². The second kappa shape index (κ2) is 8.93. The van der Waals surface area contributed by atoms with Crippen molar-refractivity contribution in [2.75, 3.05) is 10.6 Å². The molecule has 0 aliphatic heterocycles. The molecule has 0 fully saturated rings. The van der Waals surface area contributed by atoms with Gasteiger partial charge < -0.3 is 16.0 Å². The minimum absolute atomic E-state index is 0.0290. The Morgan fingerprint density at radius 2 is 2.04 bits per heavy atom. The number of rotatable bonds is 7. The highest BCUT2D eigenvalue weighted by atomic mass is 19.1. The molecule has 1 atom stereocenters. The van der Waals surface area contributed by atoms with Crippen LogP contribution in [-0.2, 0) is 11.3 Å². The zero-order valence-electron chi connectivity index (χ0n) is 15.0. The van der Waals surface area contributed by atoms with Crippen molar-refractivity contribution >= 4 is 23.3 Å². The SMILES string of the molecule is CCCn1ncnc1[C@@H](C)NC(=O)Nc1cc(NC(=O)CC)ccc1F. The van der Waals surface area contributed by atoms with Crippen molar-refractivity contribution in [1.82, 2.24) is 20.1 Å². The van der Waals surface area contributed by atoms with E-state index in [1.807, 2.05) is 6.92 Å². The summed E-state index contributed by atoms with van der Waals surface area (Å²) in [7, 11) is 0. The quantitative estimate of drug-likeness (QED) is 0.704. The van der Waals surface area contributed by atoms with Crippen molar-refractivity contribution in [2.45, 2.75) is 46.2 Å². The molecular weight excluding hydrogens is 339 g/mol. The zero-order valence-corrected chi connectivity index (χ0v) is 15.0. The van der Waals surface area contributed by atoms with Crippen LogP contribution in [0.25, 0.3) is 0 Å². The molecule has 3 N–H and O–H groups in total. The van der Waals surface area contributed by atoms with Crippen molar-refractivity contribution in [1.29, 1.82) is 0 Å². The smallest absolute Gasteiger partial charge is 0.319 e. The number of hydrogen-bond donors (Lipinski definition) is 3. The molecule has 2 rings (SSSR count). The second-order valence-electron chi connectivity index (χ2n) is 5.76. The van der Waals surface area contributed by atoms with E-state index in [9.17, 15) is 14.0 Å². The molecule has 1 heterocycles. The van der Waals surface area contributed by atoms with Crippen molar-refractivity contribution in [3.63, 3.8) is 0 Å². The number of benzene rings is 1. The monoisotopic (exact) mass is 362 g/mol. The highest BCUT2D eigenvalue weighted by Gasteiger charge is 2.16. The molecule has 2 aromatic rings. The van der Waals surface area contributed by atoms with Crippen LogP contribution >= 0.6 is 0 Å². The summed E-state index contributed by atoms with van der Waals surface area (Å²) in [5, 5.41) is 11.9. The van der Waals surface area contributed by atoms with Crippen LogP contribution in [0, 0.1) is 5.82 Å². The number of aryl methyl sites for hydroxylation is 1. The topological polar surface area (TPSA) is 101 Å². The first-order valence-electron chi connectivity index (χ1n) is 8.49. The van der Waals surface area contributed by atoms with Gasteiger partial charge in [-0.15, -0.1) is 0 Å². The maximum absolute atomic E-state index is 13.9. The van der Waals surface area contributed by atoms with Crippen LogP contribution in [-0.4, -0.2) is 26.7 Å². The van der Waals surface area contributed by atoms with Gasteiger partial charge in [0.1, 0.15) is 18.0 Å². The lowest BCUT2D eigenvalue weighted by atomic mass is 10.2. The Bertz CT molecular complexity index is 776. The van der Waals surface area contributed by atoms with E-state index >= 15 is 0 Å². The molecule has 9 heteroatoms. The molecule has 26 heavy (non-hydrogen) atoms. The molecule has 140 valence electrons. The summed E-state index contributed by atoms with van der Waals surface area (Å²) in [5.41, 5.74) is 0.378. The highest BCUT2D eigenvalue weighted by molar-refractivity contribution is 5.93. The summed E-state index contributed by atoms with van der Waals surface area (Å²) >= 11 is 0. The number of hydrogen-bond acceptors (Lipinski definition) is 4. The average molecular weight is 362 g/mol. The molecule has 8 nitrogen and oxygen atoms in total. The van der Waals surface area contributed by atoms with Crippen molar-refractivity contribution in [3.05, 3.63) is 36.2 Å². The van der Waals surface area contributed by atoms with Crippen molar-refractivity contribution in [2.24, 2.45) is 0 Å². The van der Waals surface area contributed by atoms with Crippen molar-refractivity contribution < 1.29 is 14.0 Å². The fourth-order valence-corrected chi connectivity index (χ4v) is 2.36. The molecule has 0 aliphatic rings. The Hall–Kier alpha value is -2.97. The molecule has 0 aliphatic carbocycles. The minimum atomic E-state index is -0.601. The van der Waals surface area contributed by atoms with Gasteiger partial charge in [-0.1, -0.05) is 13.8 Å². The number of urea groups is 1. The molecule has 0 saturated carbocycles. The number of carbonyl (C=O) groups excluding carboxylic acids is 2. The predicted octanol–water partition coefficient (Wildman–Crippen LogP) is 3.06. The van der Waals surface area contributed by atoms with Gasteiger partial charge in [0.15, 0.2) is 0 Å². The van der Waals surface area contributed by atoms with Crippen LogP contribution in [0.2, 0.25) is 0 Å². The van der Waals surface area contributed by atoms with Gasteiger partial charge in [-0.25, -0.2) is 18.9 Å². The molecule has 1 aromatic carbocycles. The molecule has 0 unspecified atom stereocenters. The van der Waals surface area contributed by atoms with Gasteiger partial charge in [-0.3, -0.25) is 4.79 Å². The number of anilines is 2. The molecule has 1 aromatic heterocycles. The van der Waals surface area contributed by atoms with Crippen LogP contribution in [0.15, 0.2) is 24.5 Å². The second-order valence-corrected chi connectivity index (χ2v) is 5.76. The van der Waals surface area contributed by atoms with Gasteiger partial charge in [0.2, 0.25) is 5.91 Å². The molecule has 0 spiro atoms. The number of halogens is 1. The van der Waals surface area contributed by atoms with Crippen molar-refractivity contribution in [3.8, 4) is 0 Å². The van der Waals surface area contributed by atoms with Crippen LogP contribution in [0.5, 0.6) is 0 Å². The number of aromatic nitrogens is 3. The first-order valence-corrected chi connectivity index (χ1v) is 8.49. The van der Waals surface area contributed by atoms with E-state index in [0.29, 0.717) is 24.5 Å². The first-order chi connectivity index (χ1) is 12.4. The maximum Gasteiger partial charge on any atom is 0.319 e. The first kappa shape index (κ1) is 19.4. The third-order valence-electron chi connectivity index (χ3n) is 3.64. The Balaban J connectivity index is 2.03. The van der Waals surface area contributed by atoms with Crippen LogP contribution < -0.4 is 16.0 Å². The summed E-state index contributed by atoms with van der Waals surface area (Å²) in [4.78, 5) is 27.8. The summed E-state index contributed by atoms with van der Waals surface area (Å²) in [6, 6.07) is 2.99. The van der Waals surface area contributed by atoms with E-state index in [2.05, 4.69) is 26.0 Å². The van der Waals surface area contributed by atoms with Gasteiger partial charge >= 0.3 is 6.03 Å². The molecular formula is C17H23FN6O2. The Labute approximate surface area is 151 Å². The third-order valence-corrected chi connectivity index (χ3v) is 3.64. The van der Waals surface area contributed by atoms with E-state index < -0.39 is 17.9 Å². The lowest BCUT2D eigenvalue weighted by Crippen LogP contribution is -2.33. The van der Waals surface area contributed by atoms with E-state index in [1.54, 1.807) is 18.5 Å². The number of amides is 3. The fraction of sp³-hybridized carbons (Fsp3) is 0.412. The standard InChI is InChI=1S/C17H23FN6O2/c1-4-8-24-16(19-10-20-24)11(3)21-17(26)23-14-9-12(6-7-13(14)18)22-15(25)5-2/h6-7,9-11H,4-5,8H2,1-3H3,(H,22,25)(H2,21,23,26)/t11-/m1/s1. The van der Waals surface area contributed by atoms with Crippen LogP contribution in [0.1, 0.15) is 45.5 Å². The number of carbonyl (C=O) groups is 2. The molecule has 0 radical (unpaired) electrons. The van der Waals surface area contributed by atoms with Crippen LogP contribution in [0.4, 0.5) is 20.6 Å². The summed E-state index contributed by atoms with van der Waals surface area (Å²) in [6.07, 6.45) is 2.62. The largest absolute Gasteiger partial charge is 0.328 e. The Morgan fingerprint density at radius 1 is 1.27 bits per heavy atom. The number of nitrogens with one attached hydrogen (secondary N) is 3. The molecule has 0 saturated heterocycles. The van der Waals surface area contributed by atoms with Gasteiger partial charge in [0.05, 0.1) is 11.7 Å². The fourth-order valence-electron chi connectivity index (χ4n) is 2.36. The summed E-state index contributed by atoms with van der Waals surface area (Å²) in [6.45, 7) is 6.19. The van der Waals surface area contributed by atoms with Crippen LogP contribution in [0.3, 0.4) is 0 Å². The summed E-state index contributed by atoms with van der Waals surface area (Å²) < 4.78 is 15.7. The minimum Gasteiger partial charge on any atom is -0.328 e. The lowest BCUT2D eigenvalue weighted by Gasteiger charge is -2.15. The Morgan fingerprint density at radius 3 is 2.73 bits per heavy atom. The maximum atomic E-state index is 13.9. The van der Waals surface area contributed by atoms with E-state index in [0.717, 1.165) is 6.42 Å². The Kier molecular flexibility index (Phi) is 6.65. The highest BCUT2D eigenvalue weighted by Crippen LogP contribution is 2.20. The number of nitrogens with zero attached hydrogens (tertiary/aromatic N) is 3. The van der Waals surface area contributed by atoms with Gasteiger partial charge in [-0.2, -0.15) is 5.10 Å². The molecule has 3 amide bonds. The normalized spacial score (nSPS) is 11.7. The lowest BCUT2D eigenvalue weighted by molar-refractivity contribution is -0.115. The summed E-state index contributed by atoms with van der Waals surface area (Å²) in [5.74, 6) is -0.182. The zero-order chi connectivity index (χ0) is 19.1. The molecule has 0 bridgehead atoms. The average Bonchev–Trinajstić information content (AvgIpc) is 3.06. The van der Waals surface area contributed by atoms with E-state index in [4.69, 9.17) is 0 Å². The van der Waals surface area contributed by atoms with Gasteiger partial charge in [0, 0.05) is 18.7 Å². The third kappa shape index (κ3) is 5.01. The van der Waals surface area contributed by atoms with E-state index in [1.165, 1.54) is 24.5 Å². The van der Waals surface area contributed by atoms with E-state index in [-0.39, 0.29) is 11.6 Å². The predicted molar refractivity (Wildman–Crippen MR) is 96.2 cm³/mol.